The SMILES string of the molecule is Cc1cc(N)c(OC2=CC2)cc1C1CCN(C)C(C)C1. The first-order valence-corrected chi connectivity index (χ1v) is 7.51. The molecule has 3 heteroatoms. The molecule has 2 atom stereocenters. The largest absolute Gasteiger partial charge is 0.460 e. The van der Waals surface area contributed by atoms with E-state index >= 15 is 0 Å². The Kier molecular flexibility index (Phi) is 3.47. The third-order valence-electron chi connectivity index (χ3n) is 4.66. The fourth-order valence-electron chi connectivity index (χ4n) is 3.09. The number of nitrogens with zero attached hydrogens (tertiary/aromatic N) is 1. The van der Waals surface area contributed by atoms with Crippen molar-refractivity contribution in [1.82, 2.24) is 4.90 Å². The van der Waals surface area contributed by atoms with E-state index in [1.54, 1.807) is 0 Å². The lowest BCUT2D eigenvalue weighted by Gasteiger charge is -2.36. The average molecular weight is 272 g/mol. The van der Waals surface area contributed by atoms with Gasteiger partial charge in [0.2, 0.25) is 0 Å². The van der Waals surface area contributed by atoms with Crippen LogP contribution in [0, 0.1) is 6.92 Å². The van der Waals surface area contributed by atoms with Crippen LogP contribution in [-0.2, 0) is 0 Å². The first-order chi connectivity index (χ1) is 9.54. The molecule has 2 N–H and O–H groups in total. The molecule has 0 aromatic heterocycles. The predicted molar refractivity (Wildman–Crippen MR) is 83.0 cm³/mol. The molecular formula is C17H24N2O. The normalized spacial score (nSPS) is 26.2. The van der Waals surface area contributed by atoms with Crippen LogP contribution in [0.15, 0.2) is 24.0 Å². The first-order valence-electron chi connectivity index (χ1n) is 7.51. The van der Waals surface area contributed by atoms with Crippen LogP contribution in [0.4, 0.5) is 5.69 Å². The second-order valence-corrected chi connectivity index (χ2v) is 6.27. The number of ether oxygens (including phenoxy) is 1. The summed E-state index contributed by atoms with van der Waals surface area (Å²) < 4.78 is 5.82. The molecule has 3 rings (SSSR count). The Morgan fingerprint density at radius 3 is 2.75 bits per heavy atom. The maximum atomic E-state index is 6.08. The lowest BCUT2D eigenvalue weighted by Crippen LogP contribution is -2.37. The van der Waals surface area contributed by atoms with E-state index in [0.29, 0.717) is 12.0 Å². The Balaban J connectivity index is 1.86. The Morgan fingerprint density at radius 2 is 2.10 bits per heavy atom. The molecule has 1 aliphatic heterocycles. The van der Waals surface area contributed by atoms with E-state index in [1.165, 1.54) is 24.0 Å². The molecule has 108 valence electrons. The van der Waals surface area contributed by atoms with Crippen molar-refractivity contribution in [2.45, 2.75) is 45.1 Å². The summed E-state index contributed by atoms with van der Waals surface area (Å²) in [6.45, 7) is 5.64. The molecule has 0 saturated carbocycles. The van der Waals surface area contributed by atoms with Gasteiger partial charge in [-0.25, -0.2) is 0 Å². The van der Waals surface area contributed by atoms with Crippen LogP contribution in [0.1, 0.15) is 43.2 Å². The van der Waals surface area contributed by atoms with Crippen molar-refractivity contribution in [2.24, 2.45) is 0 Å². The zero-order valence-corrected chi connectivity index (χ0v) is 12.6. The van der Waals surface area contributed by atoms with Crippen LogP contribution in [0.5, 0.6) is 5.75 Å². The van der Waals surface area contributed by atoms with Gasteiger partial charge in [-0.05, 0) is 75.5 Å². The van der Waals surface area contributed by atoms with Crippen LogP contribution in [0.3, 0.4) is 0 Å². The topological polar surface area (TPSA) is 38.5 Å². The van der Waals surface area contributed by atoms with Crippen molar-refractivity contribution in [3.05, 3.63) is 35.1 Å². The average Bonchev–Trinajstić information content (AvgIpc) is 3.20. The third-order valence-corrected chi connectivity index (χ3v) is 4.66. The number of anilines is 1. The van der Waals surface area contributed by atoms with Crippen LogP contribution in [0.25, 0.3) is 0 Å². The van der Waals surface area contributed by atoms with Crippen molar-refractivity contribution in [3.63, 3.8) is 0 Å². The smallest absolute Gasteiger partial charge is 0.150 e. The number of benzene rings is 1. The van der Waals surface area contributed by atoms with Crippen molar-refractivity contribution in [2.75, 3.05) is 19.3 Å². The number of likely N-dealkylation sites (tertiary alicyclic amines) is 1. The van der Waals surface area contributed by atoms with E-state index in [9.17, 15) is 0 Å². The molecule has 0 radical (unpaired) electrons. The number of hydrogen-bond donors (Lipinski definition) is 1. The second-order valence-electron chi connectivity index (χ2n) is 6.27. The van der Waals surface area contributed by atoms with Gasteiger partial charge in [0, 0.05) is 12.5 Å². The Morgan fingerprint density at radius 1 is 1.35 bits per heavy atom. The van der Waals surface area contributed by atoms with Crippen molar-refractivity contribution < 1.29 is 4.74 Å². The maximum absolute atomic E-state index is 6.08. The summed E-state index contributed by atoms with van der Waals surface area (Å²) in [6.07, 6.45) is 5.47. The molecule has 2 unspecified atom stereocenters. The Labute approximate surface area is 121 Å². The van der Waals surface area contributed by atoms with Gasteiger partial charge in [-0.2, -0.15) is 0 Å². The standard InChI is InChI=1S/C17H24N2O/c1-11-8-16(18)17(20-14-4-5-14)10-15(11)13-6-7-19(3)12(2)9-13/h4,8,10,12-13H,5-7,9,18H2,1-3H3. The molecule has 1 aromatic rings. The van der Waals surface area contributed by atoms with Gasteiger partial charge in [-0.3, -0.25) is 0 Å². The van der Waals surface area contributed by atoms with E-state index in [4.69, 9.17) is 10.5 Å². The summed E-state index contributed by atoms with van der Waals surface area (Å²) in [6, 6.07) is 4.88. The predicted octanol–water partition coefficient (Wildman–Crippen LogP) is 3.44. The highest BCUT2D eigenvalue weighted by atomic mass is 16.5. The molecule has 1 heterocycles. The van der Waals surface area contributed by atoms with Crippen LogP contribution in [0.2, 0.25) is 0 Å². The van der Waals surface area contributed by atoms with Gasteiger partial charge in [0.1, 0.15) is 11.5 Å². The summed E-state index contributed by atoms with van der Waals surface area (Å²) in [5.74, 6) is 2.50. The van der Waals surface area contributed by atoms with Gasteiger partial charge >= 0.3 is 0 Å². The molecule has 1 fully saturated rings. The number of aryl methyl sites for hydroxylation is 1. The number of piperidine rings is 1. The molecule has 2 aliphatic rings. The first kappa shape index (κ1) is 13.5. The van der Waals surface area contributed by atoms with Crippen molar-refractivity contribution >= 4 is 5.69 Å². The molecule has 0 bridgehead atoms. The van der Waals surface area contributed by atoms with Gasteiger partial charge < -0.3 is 15.4 Å². The molecule has 0 spiro atoms. The van der Waals surface area contributed by atoms with Gasteiger partial charge in [-0.1, -0.05) is 0 Å². The maximum Gasteiger partial charge on any atom is 0.150 e. The molecule has 20 heavy (non-hydrogen) atoms. The Hall–Kier alpha value is -1.48. The minimum absolute atomic E-state index is 0.623. The van der Waals surface area contributed by atoms with E-state index in [-0.39, 0.29) is 0 Å². The van der Waals surface area contributed by atoms with Crippen molar-refractivity contribution in [1.29, 1.82) is 0 Å². The number of rotatable bonds is 3. The van der Waals surface area contributed by atoms with Crippen molar-refractivity contribution in [3.8, 4) is 5.75 Å². The molecule has 1 aromatic carbocycles. The van der Waals surface area contributed by atoms with Crippen LogP contribution in [-0.4, -0.2) is 24.5 Å². The molecule has 3 nitrogen and oxygen atoms in total. The van der Waals surface area contributed by atoms with Gasteiger partial charge in [0.25, 0.3) is 0 Å². The van der Waals surface area contributed by atoms with Gasteiger partial charge in [0.05, 0.1) is 5.69 Å². The highest BCUT2D eigenvalue weighted by Crippen LogP contribution is 2.38. The van der Waals surface area contributed by atoms with Crippen LogP contribution >= 0.6 is 0 Å². The zero-order chi connectivity index (χ0) is 14.3. The lowest BCUT2D eigenvalue weighted by molar-refractivity contribution is 0.182. The number of allylic oxidation sites excluding steroid dienone is 2. The molecule has 1 saturated heterocycles. The van der Waals surface area contributed by atoms with E-state index in [1.807, 2.05) is 0 Å². The van der Waals surface area contributed by atoms with Crippen LogP contribution < -0.4 is 10.5 Å². The summed E-state index contributed by atoms with van der Waals surface area (Å²) in [4.78, 5) is 2.44. The minimum atomic E-state index is 0.623. The summed E-state index contributed by atoms with van der Waals surface area (Å²) >= 11 is 0. The highest BCUT2D eigenvalue weighted by molar-refractivity contribution is 5.58. The van der Waals surface area contributed by atoms with E-state index in [0.717, 1.165) is 30.2 Å². The molecule has 0 amide bonds. The number of nitrogens with two attached hydrogens (primary N) is 1. The highest BCUT2D eigenvalue weighted by Gasteiger charge is 2.26. The Bertz CT molecular complexity index is 550. The second kappa shape index (κ2) is 5.13. The zero-order valence-electron chi connectivity index (χ0n) is 12.6. The molecular weight excluding hydrogens is 248 g/mol. The molecule has 1 aliphatic carbocycles. The third kappa shape index (κ3) is 2.68. The fraction of sp³-hybridized carbons (Fsp3) is 0.529. The quantitative estimate of drug-likeness (QED) is 0.857. The summed E-state index contributed by atoms with van der Waals surface area (Å²) in [5.41, 5.74) is 9.54. The summed E-state index contributed by atoms with van der Waals surface area (Å²) in [5, 5.41) is 0. The lowest BCUT2D eigenvalue weighted by atomic mass is 9.83. The van der Waals surface area contributed by atoms with E-state index < -0.39 is 0 Å². The number of nitrogen functional groups attached to an aromatic ring is 1. The van der Waals surface area contributed by atoms with E-state index in [2.05, 4.69) is 44.0 Å². The van der Waals surface area contributed by atoms with Gasteiger partial charge in [-0.15, -0.1) is 0 Å². The van der Waals surface area contributed by atoms with Gasteiger partial charge in [0.15, 0.2) is 0 Å². The fourth-order valence-corrected chi connectivity index (χ4v) is 3.09. The monoisotopic (exact) mass is 272 g/mol. The summed E-state index contributed by atoms with van der Waals surface area (Å²) in [7, 11) is 2.21. The number of hydrogen-bond acceptors (Lipinski definition) is 3. The minimum Gasteiger partial charge on any atom is -0.460 e.